The van der Waals surface area contributed by atoms with Gasteiger partial charge in [-0.05, 0) is 18.3 Å². The number of hydrogen-bond acceptors (Lipinski definition) is 3. The van der Waals surface area contributed by atoms with Crippen LogP contribution in [0, 0.1) is 11.2 Å². The first-order chi connectivity index (χ1) is 8.33. The van der Waals surface area contributed by atoms with Crippen molar-refractivity contribution in [3.63, 3.8) is 0 Å². The van der Waals surface area contributed by atoms with E-state index in [0.717, 1.165) is 6.42 Å². The monoisotopic (exact) mass is 273 g/mol. The normalized spacial score (nSPS) is 13.4. The Bertz CT molecular complexity index is 390. The lowest BCUT2D eigenvalue weighted by molar-refractivity contribution is 0.373. The van der Waals surface area contributed by atoms with Gasteiger partial charge in [0.25, 0.3) is 0 Å². The number of nitrogens with one attached hydrogen (secondary N) is 1. The fourth-order valence-electron chi connectivity index (χ4n) is 1.72. The van der Waals surface area contributed by atoms with Crippen molar-refractivity contribution < 1.29 is 4.39 Å². The molecule has 0 aliphatic heterocycles. The van der Waals surface area contributed by atoms with Crippen LogP contribution in [0.1, 0.15) is 39.8 Å². The largest absolute Gasteiger partial charge is 0.366 e. The maximum Gasteiger partial charge on any atom is 0.186 e. The minimum atomic E-state index is -0.375. The van der Waals surface area contributed by atoms with Crippen LogP contribution in [0.3, 0.4) is 0 Å². The lowest BCUT2D eigenvalue weighted by Gasteiger charge is -2.22. The van der Waals surface area contributed by atoms with Crippen molar-refractivity contribution in [2.75, 3.05) is 11.9 Å². The molecule has 0 spiro atoms. The highest BCUT2D eigenvalue weighted by molar-refractivity contribution is 6.20. The number of anilines is 1. The summed E-state index contributed by atoms with van der Waals surface area (Å²) in [6, 6.07) is 0. The van der Waals surface area contributed by atoms with Crippen LogP contribution in [-0.2, 0) is 6.42 Å². The zero-order valence-corrected chi connectivity index (χ0v) is 12.2. The summed E-state index contributed by atoms with van der Waals surface area (Å²) in [7, 11) is 0. The Morgan fingerprint density at radius 3 is 2.61 bits per heavy atom. The molecule has 3 nitrogen and oxygen atoms in total. The topological polar surface area (TPSA) is 37.8 Å². The van der Waals surface area contributed by atoms with Crippen molar-refractivity contribution in [1.29, 1.82) is 0 Å². The Hall–Kier alpha value is -0.900. The molecule has 1 aromatic heterocycles. The molecule has 1 atom stereocenters. The molecular formula is C13H21ClFN3. The molecule has 18 heavy (non-hydrogen) atoms. The third-order valence-electron chi connectivity index (χ3n) is 2.52. The number of halogens is 2. The van der Waals surface area contributed by atoms with Crippen LogP contribution in [0.4, 0.5) is 10.2 Å². The molecule has 0 saturated carbocycles. The van der Waals surface area contributed by atoms with Crippen molar-refractivity contribution in [3.8, 4) is 0 Å². The standard InChI is InChI=1S/C13H21ClFN3/c1-5-10-11(15)12(18-8-17-10)16-7-9(14)6-13(2,3)4/h8-9H,5-7H2,1-4H3,(H,16,17,18). The predicted octanol–water partition coefficient (Wildman–Crippen LogP) is 3.63. The van der Waals surface area contributed by atoms with Gasteiger partial charge in [-0.25, -0.2) is 14.4 Å². The van der Waals surface area contributed by atoms with Crippen molar-refractivity contribution in [2.24, 2.45) is 5.41 Å². The van der Waals surface area contributed by atoms with E-state index in [2.05, 4.69) is 36.1 Å². The Labute approximate surface area is 113 Å². The molecule has 1 heterocycles. The van der Waals surface area contributed by atoms with E-state index in [1.807, 2.05) is 6.92 Å². The number of aryl methyl sites for hydroxylation is 1. The molecule has 0 bridgehead atoms. The number of nitrogens with zero attached hydrogens (tertiary/aromatic N) is 2. The Balaban J connectivity index is 2.58. The third-order valence-corrected chi connectivity index (χ3v) is 2.83. The quantitative estimate of drug-likeness (QED) is 0.833. The third kappa shape index (κ3) is 4.77. The number of hydrogen-bond donors (Lipinski definition) is 1. The molecule has 0 aromatic carbocycles. The second kappa shape index (κ2) is 6.32. The van der Waals surface area contributed by atoms with E-state index in [1.165, 1.54) is 6.33 Å². The molecule has 1 aromatic rings. The fourth-order valence-corrected chi connectivity index (χ4v) is 2.26. The van der Waals surface area contributed by atoms with Gasteiger partial charge < -0.3 is 5.32 Å². The van der Waals surface area contributed by atoms with Crippen molar-refractivity contribution in [2.45, 2.75) is 45.9 Å². The van der Waals surface area contributed by atoms with Crippen molar-refractivity contribution in [1.82, 2.24) is 9.97 Å². The summed E-state index contributed by atoms with van der Waals surface area (Å²) >= 11 is 6.21. The minimum Gasteiger partial charge on any atom is -0.366 e. The van der Waals surface area contributed by atoms with Crippen LogP contribution >= 0.6 is 11.6 Å². The maximum absolute atomic E-state index is 13.8. The molecule has 1 rings (SSSR count). The highest BCUT2D eigenvalue weighted by Gasteiger charge is 2.17. The van der Waals surface area contributed by atoms with E-state index in [0.29, 0.717) is 18.7 Å². The number of alkyl halides is 1. The van der Waals surface area contributed by atoms with Crippen LogP contribution in [0.2, 0.25) is 0 Å². The number of aromatic nitrogens is 2. The van der Waals surface area contributed by atoms with Crippen LogP contribution < -0.4 is 5.32 Å². The molecule has 1 N–H and O–H groups in total. The van der Waals surface area contributed by atoms with Crippen molar-refractivity contribution >= 4 is 17.4 Å². The predicted molar refractivity (Wildman–Crippen MR) is 73.6 cm³/mol. The zero-order chi connectivity index (χ0) is 13.8. The van der Waals surface area contributed by atoms with Gasteiger partial charge in [0.1, 0.15) is 6.33 Å². The van der Waals surface area contributed by atoms with Gasteiger partial charge in [0.05, 0.1) is 11.1 Å². The van der Waals surface area contributed by atoms with E-state index in [1.54, 1.807) is 0 Å². The van der Waals surface area contributed by atoms with E-state index in [4.69, 9.17) is 11.6 Å². The molecule has 0 aliphatic rings. The molecule has 102 valence electrons. The molecule has 0 aliphatic carbocycles. The van der Waals surface area contributed by atoms with Crippen LogP contribution in [0.5, 0.6) is 0 Å². The van der Waals surface area contributed by atoms with Gasteiger partial charge in [-0.15, -0.1) is 11.6 Å². The van der Waals surface area contributed by atoms with Crippen LogP contribution in [0.25, 0.3) is 0 Å². The van der Waals surface area contributed by atoms with Crippen LogP contribution in [0.15, 0.2) is 6.33 Å². The average molecular weight is 274 g/mol. The first-order valence-electron chi connectivity index (χ1n) is 6.21. The Morgan fingerprint density at radius 2 is 2.06 bits per heavy atom. The second-order valence-electron chi connectivity index (χ2n) is 5.58. The molecule has 0 fully saturated rings. The van der Waals surface area contributed by atoms with Gasteiger partial charge in [0.15, 0.2) is 11.6 Å². The summed E-state index contributed by atoms with van der Waals surface area (Å²) < 4.78 is 13.8. The summed E-state index contributed by atoms with van der Waals surface area (Å²) in [5, 5.41) is 2.90. The summed E-state index contributed by atoms with van der Waals surface area (Å²) in [5.74, 6) is -0.138. The van der Waals surface area contributed by atoms with Gasteiger partial charge in [-0.3, -0.25) is 0 Å². The Kier molecular flexibility index (Phi) is 5.32. The van der Waals surface area contributed by atoms with E-state index in [9.17, 15) is 4.39 Å². The van der Waals surface area contributed by atoms with E-state index in [-0.39, 0.29) is 22.4 Å². The van der Waals surface area contributed by atoms with Gasteiger partial charge in [-0.1, -0.05) is 27.7 Å². The number of rotatable bonds is 5. The van der Waals surface area contributed by atoms with Crippen LogP contribution in [-0.4, -0.2) is 21.9 Å². The van der Waals surface area contributed by atoms with E-state index < -0.39 is 0 Å². The summed E-state index contributed by atoms with van der Waals surface area (Å²) in [6.45, 7) is 8.74. The van der Waals surface area contributed by atoms with Gasteiger partial charge >= 0.3 is 0 Å². The highest BCUT2D eigenvalue weighted by Crippen LogP contribution is 2.24. The highest BCUT2D eigenvalue weighted by atomic mass is 35.5. The van der Waals surface area contributed by atoms with E-state index >= 15 is 0 Å². The fraction of sp³-hybridized carbons (Fsp3) is 0.692. The second-order valence-corrected chi connectivity index (χ2v) is 6.20. The molecular weight excluding hydrogens is 253 g/mol. The smallest absolute Gasteiger partial charge is 0.186 e. The van der Waals surface area contributed by atoms with Crippen molar-refractivity contribution in [3.05, 3.63) is 17.8 Å². The summed E-state index contributed by atoms with van der Waals surface area (Å²) in [5.41, 5.74) is 0.585. The lowest BCUT2D eigenvalue weighted by atomic mass is 9.90. The average Bonchev–Trinajstić information content (AvgIpc) is 2.25. The lowest BCUT2D eigenvalue weighted by Crippen LogP contribution is -2.22. The molecule has 5 heteroatoms. The zero-order valence-electron chi connectivity index (χ0n) is 11.4. The first kappa shape index (κ1) is 15.2. The molecule has 1 unspecified atom stereocenters. The first-order valence-corrected chi connectivity index (χ1v) is 6.64. The summed E-state index contributed by atoms with van der Waals surface area (Å²) in [4.78, 5) is 7.78. The summed E-state index contributed by atoms with van der Waals surface area (Å²) in [6.07, 6.45) is 2.78. The molecule has 0 radical (unpaired) electrons. The van der Waals surface area contributed by atoms with Gasteiger partial charge in [0.2, 0.25) is 0 Å². The SMILES string of the molecule is CCc1ncnc(NCC(Cl)CC(C)(C)C)c1F. The maximum atomic E-state index is 13.8. The van der Waals surface area contributed by atoms with Gasteiger partial charge in [0, 0.05) is 6.54 Å². The molecule has 0 amide bonds. The minimum absolute atomic E-state index is 0.0514. The van der Waals surface area contributed by atoms with Gasteiger partial charge in [-0.2, -0.15) is 0 Å². The molecule has 0 saturated heterocycles. The Morgan fingerprint density at radius 1 is 1.39 bits per heavy atom.